The van der Waals surface area contributed by atoms with E-state index in [0.717, 1.165) is 18.5 Å². The van der Waals surface area contributed by atoms with Crippen LogP contribution < -0.4 is 5.32 Å². The molecule has 1 aromatic rings. The lowest BCUT2D eigenvalue weighted by molar-refractivity contribution is -0.124. The molecule has 0 saturated heterocycles. The number of hydrogen-bond donors (Lipinski definition) is 1. The molecule has 1 atom stereocenters. The van der Waals surface area contributed by atoms with Crippen LogP contribution >= 0.6 is 11.6 Å². The molecule has 4 nitrogen and oxygen atoms in total. The molecule has 1 amide bonds. The molecule has 5 heteroatoms. The number of amides is 1. The Labute approximate surface area is 93.6 Å². The summed E-state index contributed by atoms with van der Waals surface area (Å²) in [5, 5.41) is 7.72. The summed E-state index contributed by atoms with van der Waals surface area (Å²) in [6, 6.07) is 0.0869. The van der Waals surface area contributed by atoms with Crippen LogP contribution in [0.25, 0.3) is 0 Å². The molecule has 1 aliphatic carbocycles. The van der Waals surface area contributed by atoms with E-state index in [0.29, 0.717) is 11.1 Å². The molecule has 0 aliphatic heterocycles. The third kappa shape index (κ3) is 2.31. The second-order valence-corrected chi connectivity index (χ2v) is 4.41. The first-order chi connectivity index (χ1) is 7.08. The van der Waals surface area contributed by atoms with Crippen molar-refractivity contribution in [3.8, 4) is 0 Å². The van der Waals surface area contributed by atoms with Gasteiger partial charge in [0.2, 0.25) is 5.91 Å². The Balaban J connectivity index is 2.05. The maximum absolute atomic E-state index is 11.7. The first-order valence-electron chi connectivity index (χ1n) is 5.09. The van der Waals surface area contributed by atoms with E-state index in [1.807, 2.05) is 13.8 Å². The molecule has 1 aromatic heterocycles. The second-order valence-electron chi connectivity index (χ2n) is 4.00. The van der Waals surface area contributed by atoms with Gasteiger partial charge in [-0.2, -0.15) is 5.10 Å². The Morgan fingerprint density at radius 2 is 2.40 bits per heavy atom. The Bertz CT molecular complexity index is 365. The van der Waals surface area contributed by atoms with Gasteiger partial charge >= 0.3 is 0 Å². The SMILES string of the molecule is Cc1nn(C(C)C(=O)NC2CC2)cc1Cl. The van der Waals surface area contributed by atoms with Crippen LogP contribution in [0.1, 0.15) is 31.5 Å². The largest absolute Gasteiger partial charge is 0.352 e. The molecule has 15 heavy (non-hydrogen) atoms. The molecule has 0 radical (unpaired) electrons. The fourth-order valence-electron chi connectivity index (χ4n) is 1.33. The number of nitrogens with one attached hydrogen (secondary N) is 1. The Morgan fingerprint density at radius 1 is 1.73 bits per heavy atom. The van der Waals surface area contributed by atoms with Crippen molar-refractivity contribution < 1.29 is 4.79 Å². The summed E-state index contributed by atoms with van der Waals surface area (Å²) in [5.41, 5.74) is 0.753. The van der Waals surface area contributed by atoms with Crippen molar-refractivity contribution in [2.75, 3.05) is 0 Å². The zero-order chi connectivity index (χ0) is 11.0. The number of aromatic nitrogens is 2. The van der Waals surface area contributed by atoms with Crippen LogP contribution in [0.2, 0.25) is 5.02 Å². The third-order valence-electron chi connectivity index (χ3n) is 2.56. The van der Waals surface area contributed by atoms with Crippen molar-refractivity contribution in [1.29, 1.82) is 0 Å². The molecule has 0 bridgehead atoms. The van der Waals surface area contributed by atoms with Gasteiger partial charge in [0.15, 0.2) is 0 Å². The fraction of sp³-hybridized carbons (Fsp3) is 0.600. The molecule has 1 heterocycles. The van der Waals surface area contributed by atoms with Gasteiger partial charge in [0.1, 0.15) is 6.04 Å². The molecule has 1 fully saturated rings. The van der Waals surface area contributed by atoms with E-state index in [4.69, 9.17) is 11.6 Å². The average Bonchev–Trinajstić information content (AvgIpc) is 2.93. The first kappa shape index (κ1) is 10.5. The Hall–Kier alpha value is -1.03. The third-order valence-corrected chi connectivity index (χ3v) is 2.93. The highest BCUT2D eigenvalue weighted by Gasteiger charge is 2.26. The molecular weight excluding hydrogens is 214 g/mol. The zero-order valence-electron chi connectivity index (χ0n) is 8.83. The van der Waals surface area contributed by atoms with Crippen molar-refractivity contribution in [3.05, 3.63) is 16.9 Å². The molecule has 1 saturated carbocycles. The highest BCUT2D eigenvalue weighted by Crippen LogP contribution is 2.21. The summed E-state index contributed by atoms with van der Waals surface area (Å²) < 4.78 is 1.61. The lowest BCUT2D eigenvalue weighted by atomic mass is 10.3. The van der Waals surface area contributed by atoms with Gasteiger partial charge in [-0.05, 0) is 26.7 Å². The van der Waals surface area contributed by atoms with E-state index in [1.165, 1.54) is 0 Å². The number of aryl methyl sites for hydroxylation is 1. The standard InChI is InChI=1S/C10H14ClN3O/c1-6-9(11)5-14(13-6)7(2)10(15)12-8-3-4-8/h5,7-8H,3-4H2,1-2H3,(H,12,15). The number of halogens is 1. The van der Waals surface area contributed by atoms with Gasteiger partial charge in [-0.25, -0.2) is 0 Å². The second kappa shape index (κ2) is 3.85. The van der Waals surface area contributed by atoms with E-state index in [9.17, 15) is 4.79 Å². The van der Waals surface area contributed by atoms with Gasteiger partial charge in [-0.3, -0.25) is 9.48 Å². The van der Waals surface area contributed by atoms with Gasteiger partial charge in [-0.15, -0.1) is 0 Å². The monoisotopic (exact) mass is 227 g/mol. The molecule has 1 N–H and O–H groups in total. The van der Waals surface area contributed by atoms with Crippen molar-refractivity contribution in [1.82, 2.24) is 15.1 Å². The lowest BCUT2D eigenvalue weighted by Crippen LogP contribution is -2.32. The van der Waals surface area contributed by atoms with E-state index in [-0.39, 0.29) is 11.9 Å². The molecule has 1 unspecified atom stereocenters. The molecular formula is C10H14ClN3O. The highest BCUT2D eigenvalue weighted by atomic mass is 35.5. The molecule has 2 rings (SSSR count). The predicted molar refractivity (Wildman–Crippen MR) is 57.8 cm³/mol. The summed E-state index contributed by atoms with van der Waals surface area (Å²) >= 11 is 5.88. The van der Waals surface area contributed by atoms with Gasteiger partial charge in [0, 0.05) is 12.2 Å². The Kier molecular flexibility index (Phi) is 2.69. The molecule has 82 valence electrons. The summed E-state index contributed by atoms with van der Waals surface area (Å²) in [6.07, 6.45) is 3.88. The van der Waals surface area contributed by atoms with E-state index in [2.05, 4.69) is 10.4 Å². The van der Waals surface area contributed by atoms with Crippen LogP contribution in [0.3, 0.4) is 0 Å². The van der Waals surface area contributed by atoms with Crippen LogP contribution in [-0.4, -0.2) is 21.7 Å². The summed E-state index contributed by atoms with van der Waals surface area (Å²) in [4.78, 5) is 11.7. The smallest absolute Gasteiger partial charge is 0.244 e. The minimum Gasteiger partial charge on any atom is -0.352 e. The minimum atomic E-state index is -0.295. The topological polar surface area (TPSA) is 46.9 Å². The fourth-order valence-corrected chi connectivity index (χ4v) is 1.47. The Morgan fingerprint density at radius 3 is 2.87 bits per heavy atom. The van der Waals surface area contributed by atoms with Crippen LogP contribution in [-0.2, 0) is 4.79 Å². The van der Waals surface area contributed by atoms with Gasteiger partial charge in [-0.1, -0.05) is 11.6 Å². The number of rotatable bonds is 3. The van der Waals surface area contributed by atoms with Crippen LogP contribution in [0.15, 0.2) is 6.20 Å². The van der Waals surface area contributed by atoms with Crippen molar-refractivity contribution in [2.45, 2.75) is 38.8 Å². The zero-order valence-corrected chi connectivity index (χ0v) is 9.58. The van der Waals surface area contributed by atoms with Crippen molar-refractivity contribution in [2.24, 2.45) is 0 Å². The first-order valence-corrected chi connectivity index (χ1v) is 5.47. The van der Waals surface area contributed by atoms with Crippen LogP contribution in [0.4, 0.5) is 0 Å². The van der Waals surface area contributed by atoms with E-state index in [1.54, 1.807) is 10.9 Å². The number of hydrogen-bond acceptors (Lipinski definition) is 2. The molecule has 0 spiro atoms. The number of nitrogens with zero attached hydrogens (tertiary/aromatic N) is 2. The van der Waals surface area contributed by atoms with E-state index >= 15 is 0 Å². The van der Waals surface area contributed by atoms with Crippen molar-refractivity contribution >= 4 is 17.5 Å². The lowest BCUT2D eigenvalue weighted by Gasteiger charge is -2.11. The maximum Gasteiger partial charge on any atom is 0.244 e. The number of carbonyl (C=O) groups is 1. The van der Waals surface area contributed by atoms with Gasteiger partial charge < -0.3 is 5.32 Å². The van der Waals surface area contributed by atoms with Crippen molar-refractivity contribution in [3.63, 3.8) is 0 Å². The predicted octanol–water partition coefficient (Wildman–Crippen LogP) is 1.68. The molecule has 0 aromatic carbocycles. The van der Waals surface area contributed by atoms with Crippen LogP contribution in [0, 0.1) is 6.92 Å². The van der Waals surface area contributed by atoms with Crippen LogP contribution in [0.5, 0.6) is 0 Å². The van der Waals surface area contributed by atoms with Gasteiger partial charge in [0.05, 0.1) is 10.7 Å². The molecule has 1 aliphatic rings. The van der Waals surface area contributed by atoms with Gasteiger partial charge in [0.25, 0.3) is 0 Å². The summed E-state index contributed by atoms with van der Waals surface area (Å²) in [7, 11) is 0. The maximum atomic E-state index is 11.7. The quantitative estimate of drug-likeness (QED) is 0.854. The summed E-state index contributed by atoms with van der Waals surface area (Å²) in [5.74, 6) is 0.0108. The normalized spacial score (nSPS) is 17.5. The minimum absolute atomic E-state index is 0.0108. The number of carbonyl (C=O) groups excluding carboxylic acids is 1. The van der Waals surface area contributed by atoms with E-state index < -0.39 is 0 Å². The highest BCUT2D eigenvalue weighted by molar-refractivity contribution is 6.31. The average molecular weight is 228 g/mol. The summed E-state index contributed by atoms with van der Waals surface area (Å²) in [6.45, 7) is 3.64.